The number of carbonyl (C=O) groups is 1. The van der Waals surface area contributed by atoms with E-state index in [1.165, 1.54) is 17.7 Å². The molecule has 1 fully saturated rings. The van der Waals surface area contributed by atoms with Crippen LogP contribution in [0.25, 0.3) is 0 Å². The lowest BCUT2D eigenvalue weighted by molar-refractivity contribution is 0.0785. The van der Waals surface area contributed by atoms with E-state index in [-0.39, 0.29) is 11.7 Å². The molecule has 0 atom stereocenters. The number of anilines is 1. The van der Waals surface area contributed by atoms with E-state index in [4.69, 9.17) is 0 Å². The van der Waals surface area contributed by atoms with Gasteiger partial charge in [0.25, 0.3) is 5.91 Å². The van der Waals surface area contributed by atoms with Gasteiger partial charge < -0.3 is 9.80 Å². The van der Waals surface area contributed by atoms with Gasteiger partial charge in [0.2, 0.25) is 0 Å². The van der Waals surface area contributed by atoms with Crippen molar-refractivity contribution in [2.45, 2.75) is 13.1 Å². The van der Waals surface area contributed by atoms with Crippen molar-refractivity contribution in [2.24, 2.45) is 0 Å². The third-order valence-electron chi connectivity index (χ3n) is 5.78. The lowest BCUT2D eigenvalue weighted by Crippen LogP contribution is -2.45. The van der Waals surface area contributed by atoms with Crippen LogP contribution in [0.1, 0.15) is 21.5 Å². The van der Waals surface area contributed by atoms with Gasteiger partial charge in [0.1, 0.15) is 5.82 Å². The Morgan fingerprint density at radius 1 is 0.839 bits per heavy atom. The minimum absolute atomic E-state index is 0.0308. The quantitative estimate of drug-likeness (QED) is 0.594. The molecule has 0 aromatic heterocycles. The van der Waals surface area contributed by atoms with Crippen LogP contribution >= 0.6 is 0 Å². The average molecular weight is 418 g/mol. The third-order valence-corrected chi connectivity index (χ3v) is 5.78. The summed E-state index contributed by atoms with van der Waals surface area (Å²) in [5.74, 6) is -0.168. The molecule has 31 heavy (non-hydrogen) atoms. The number of hydrogen-bond donors (Lipinski definition) is 0. The molecule has 0 bridgehead atoms. The molecule has 0 unspecified atom stereocenters. The maximum atomic E-state index is 13.1. The van der Waals surface area contributed by atoms with Crippen LogP contribution in [0.15, 0.2) is 78.9 Å². The van der Waals surface area contributed by atoms with Gasteiger partial charge in [0, 0.05) is 57.6 Å². The lowest BCUT2D eigenvalue weighted by atomic mass is 10.1. The van der Waals surface area contributed by atoms with Crippen molar-refractivity contribution in [2.75, 3.05) is 38.1 Å². The SMILES string of the molecule is CN(Cc1ccccc1)C(=O)c1ccc(CN2CCN(c3ccc(F)cc3)CC2)cc1. The van der Waals surface area contributed by atoms with Gasteiger partial charge >= 0.3 is 0 Å². The molecule has 1 aliphatic heterocycles. The number of halogens is 1. The first-order chi connectivity index (χ1) is 15.1. The summed E-state index contributed by atoms with van der Waals surface area (Å²) in [6, 6.07) is 24.7. The zero-order valence-corrected chi connectivity index (χ0v) is 17.9. The maximum Gasteiger partial charge on any atom is 0.253 e. The van der Waals surface area contributed by atoms with Crippen LogP contribution in [-0.2, 0) is 13.1 Å². The molecular formula is C26H28FN3O. The highest BCUT2D eigenvalue weighted by Crippen LogP contribution is 2.18. The fourth-order valence-electron chi connectivity index (χ4n) is 3.98. The van der Waals surface area contributed by atoms with Crippen molar-refractivity contribution in [1.82, 2.24) is 9.80 Å². The maximum absolute atomic E-state index is 13.1. The highest BCUT2D eigenvalue weighted by molar-refractivity contribution is 5.94. The van der Waals surface area contributed by atoms with Crippen LogP contribution in [0.4, 0.5) is 10.1 Å². The number of amides is 1. The summed E-state index contributed by atoms with van der Waals surface area (Å²) in [6.07, 6.45) is 0. The molecule has 5 heteroatoms. The second-order valence-corrected chi connectivity index (χ2v) is 8.08. The van der Waals surface area contributed by atoms with Crippen LogP contribution in [0.2, 0.25) is 0 Å². The number of piperazine rings is 1. The van der Waals surface area contributed by atoms with E-state index in [1.54, 1.807) is 4.90 Å². The van der Waals surface area contributed by atoms with Crippen LogP contribution in [-0.4, -0.2) is 48.9 Å². The van der Waals surface area contributed by atoms with Crippen LogP contribution < -0.4 is 4.90 Å². The fourth-order valence-corrected chi connectivity index (χ4v) is 3.98. The Kier molecular flexibility index (Phi) is 6.63. The minimum atomic E-state index is -0.199. The molecule has 1 heterocycles. The van der Waals surface area contributed by atoms with Crippen LogP contribution in [0.5, 0.6) is 0 Å². The van der Waals surface area contributed by atoms with Gasteiger partial charge in [0.05, 0.1) is 0 Å². The molecule has 3 aromatic rings. The van der Waals surface area contributed by atoms with Crippen molar-refractivity contribution in [3.8, 4) is 0 Å². The van der Waals surface area contributed by atoms with E-state index < -0.39 is 0 Å². The molecule has 160 valence electrons. The molecule has 0 N–H and O–H groups in total. The van der Waals surface area contributed by atoms with Crippen molar-refractivity contribution in [3.05, 3.63) is 101 Å². The molecule has 1 amide bonds. The second-order valence-electron chi connectivity index (χ2n) is 8.08. The second kappa shape index (κ2) is 9.75. The van der Waals surface area contributed by atoms with Crippen molar-refractivity contribution in [3.63, 3.8) is 0 Å². The number of hydrogen-bond acceptors (Lipinski definition) is 3. The van der Waals surface area contributed by atoms with E-state index in [9.17, 15) is 9.18 Å². The van der Waals surface area contributed by atoms with E-state index in [0.29, 0.717) is 12.1 Å². The van der Waals surface area contributed by atoms with Gasteiger partial charge in [-0.3, -0.25) is 9.69 Å². The minimum Gasteiger partial charge on any atom is -0.369 e. The van der Waals surface area contributed by atoms with Gasteiger partial charge in [-0.15, -0.1) is 0 Å². The van der Waals surface area contributed by atoms with E-state index >= 15 is 0 Å². The molecule has 1 saturated heterocycles. The predicted octanol–water partition coefficient (Wildman–Crippen LogP) is 4.42. The Morgan fingerprint density at radius 3 is 2.13 bits per heavy atom. The van der Waals surface area contributed by atoms with Gasteiger partial charge in [-0.05, 0) is 47.5 Å². The largest absolute Gasteiger partial charge is 0.369 e. The molecule has 4 rings (SSSR count). The molecule has 0 aliphatic carbocycles. The Labute approximate surface area is 183 Å². The van der Waals surface area contributed by atoms with Gasteiger partial charge in [-0.1, -0.05) is 42.5 Å². The Hall–Kier alpha value is -3.18. The van der Waals surface area contributed by atoms with Gasteiger partial charge in [0.15, 0.2) is 0 Å². The first-order valence-corrected chi connectivity index (χ1v) is 10.7. The normalized spacial score (nSPS) is 14.5. The molecule has 4 nitrogen and oxygen atoms in total. The smallest absolute Gasteiger partial charge is 0.253 e. The van der Waals surface area contributed by atoms with E-state index in [0.717, 1.165) is 44.0 Å². The molecule has 0 saturated carbocycles. The molecule has 0 spiro atoms. The topological polar surface area (TPSA) is 26.8 Å². The number of benzene rings is 3. The highest BCUT2D eigenvalue weighted by Gasteiger charge is 2.18. The number of nitrogens with zero attached hydrogens (tertiary/aromatic N) is 3. The first-order valence-electron chi connectivity index (χ1n) is 10.7. The lowest BCUT2D eigenvalue weighted by Gasteiger charge is -2.36. The zero-order valence-electron chi connectivity index (χ0n) is 17.9. The van der Waals surface area contributed by atoms with E-state index in [1.807, 2.05) is 61.6 Å². The molecule has 3 aromatic carbocycles. The van der Waals surface area contributed by atoms with Crippen molar-refractivity contribution in [1.29, 1.82) is 0 Å². The Morgan fingerprint density at radius 2 is 1.48 bits per heavy atom. The molecular weight excluding hydrogens is 389 g/mol. The van der Waals surface area contributed by atoms with Crippen molar-refractivity contribution < 1.29 is 9.18 Å². The number of rotatable bonds is 6. The first kappa shape index (κ1) is 21.1. The standard InChI is InChI=1S/C26H28FN3O/c1-28(19-21-5-3-2-4-6-21)26(31)23-9-7-22(8-10-23)20-29-15-17-30(18-16-29)25-13-11-24(27)12-14-25/h2-14H,15-20H2,1H3. The third kappa shape index (κ3) is 5.50. The predicted molar refractivity (Wildman–Crippen MR) is 123 cm³/mol. The van der Waals surface area contributed by atoms with Gasteiger partial charge in [-0.2, -0.15) is 0 Å². The highest BCUT2D eigenvalue weighted by atomic mass is 19.1. The molecule has 1 aliphatic rings. The number of carbonyl (C=O) groups excluding carboxylic acids is 1. The van der Waals surface area contributed by atoms with Crippen molar-refractivity contribution >= 4 is 11.6 Å². The summed E-state index contributed by atoms with van der Waals surface area (Å²) in [5.41, 5.74) is 4.11. The summed E-state index contributed by atoms with van der Waals surface area (Å²) in [7, 11) is 1.84. The van der Waals surface area contributed by atoms with E-state index in [2.05, 4.69) is 21.9 Å². The average Bonchev–Trinajstić information content (AvgIpc) is 2.81. The van der Waals surface area contributed by atoms with Crippen LogP contribution in [0.3, 0.4) is 0 Å². The summed E-state index contributed by atoms with van der Waals surface area (Å²) in [5, 5.41) is 0. The monoisotopic (exact) mass is 417 g/mol. The van der Waals surface area contributed by atoms with Gasteiger partial charge in [-0.25, -0.2) is 4.39 Å². The summed E-state index contributed by atoms with van der Waals surface area (Å²) < 4.78 is 13.1. The summed E-state index contributed by atoms with van der Waals surface area (Å²) in [6.45, 7) is 5.22. The summed E-state index contributed by atoms with van der Waals surface area (Å²) >= 11 is 0. The Balaban J connectivity index is 1.28. The molecule has 0 radical (unpaired) electrons. The summed E-state index contributed by atoms with van der Waals surface area (Å²) in [4.78, 5) is 19.2. The zero-order chi connectivity index (χ0) is 21.6. The van der Waals surface area contributed by atoms with Crippen LogP contribution in [0, 0.1) is 5.82 Å². The fraction of sp³-hybridized carbons (Fsp3) is 0.269. The Bertz CT molecular complexity index is 981.